The fourth-order valence-corrected chi connectivity index (χ4v) is 3.46. The molecule has 1 aromatic carbocycles. The average Bonchev–Trinajstić information content (AvgIpc) is 2.46. The van der Waals surface area contributed by atoms with E-state index in [2.05, 4.69) is 43.1 Å². The zero-order valence-corrected chi connectivity index (χ0v) is 12.1. The monoisotopic (exact) mass is 261 g/mol. The molecule has 3 nitrogen and oxygen atoms in total. The topological polar surface area (TPSA) is 21.7 Å². The standard InChI is InChI=1S/C16H23NO2/c1-12-13-6-4-5-7-14(13)16(19-15(12)18-3)8-10-17(2)11-9-16/h4-7,12,15H,8-11H2,1-3H3. The minimum Gasteiger partial charge on any atom is -0.355 e. The smallest absolute Gasteiger partial charge is 0.164 e. The molecular formula is C16H23NO2. The van der Waals surface area contributed by atoms with Crippen LogP contribution in [0.3, 0.4) is 0 Å². The second-order valence-corrected chi connectivity index (χ2v) is 5.90. The molecule has 0 N–H and O–H groups in total. The molecule has 1 saturated heterocycles. The van der Waals surface area contributed by atoms with E-state index in [-0.39, 0.29) is 11.9 Å². The van der Waals surface area contributed by atoms with Crippen molar-refractivity contribution in [2.75, 3.05) is 27.2 Å². The minimum atomic E-state index is -0.143. The van der Waals surface area contributed by atoms with Crippen molar-refractivity contribution >= 4 is 0 Å². The van der Waals surface area contributed by atoms with E-state index in [1.807, 2.05) is 0 Å². The molecular weight excluding hydrogens is 238 g/mol. The Kier molecular flexibility index (Phi) is 3.37. The van der Waals surface area contributed by atoms with Gasteiger partial charge >= 0.3 is 0 Å². The fourth-order valence-electron chi connectivity index (χ4n) is 3.46. The van der Waals surface area contributed by atoms with E-state index in [9.17, 15) is 0 Å². The molecule has 0 radical (unpaired) electrons. The van der Waals surface area contributed by atoms with Crippen molar-refractivity contribution in [1.29, 1.82) is 0 Å². The first kappa shape index (κ1) is 13.1. The number of nitrogens with zero attached hydrogens (tertiary/aromatic N) is 1. The zero-order valence-electron chi connectivity index (χ0n) is 12.1. The molecule has 1 fully saturated rings. The molecule has 19 heavy (non-hydrogen) atoms. The molecule has 2 heterocycles. The second-order valence-electron chi connectivity index (χ2n) is 5.90. The first-order valence-corrected chi connectivity index (χ1v) is 7.15. The van der Waals surface area contributed by atoms with Crippen molar-refractivity contribution in [1.82, 2.24) is 4.90 Å². The van der Waals surface area contributed by atoms with E-state index < -0.39 is 0 Å². The third-order valence-electron chi connectivity index (χ3n) is 4.72. The summed E-state index contributed by atoms with van der Waals surface area (Å²) in [6.07, 6.45) is 1.97. The highest BCUT2D eigenvalue weighted by molar-refractivity contribution is 5.38. The van der Waals surface area contributed by atoms with Gasteiger partial charge in [0, 0.05) is 26.1 Å². The van der Waals surface area contributed by atoms with E-state index in [1.165, 1.54) is 11.1 Å². The van der Waals surface area contributed by atoms with Gasteiger partial charge in [0.05, 0.1) is 5.60 Å². The summed E-state index contributed by atoms with van der Waals surface area (Å²) >= 11 is 0. The Morgan fingerprint density at radius 3 is 2.63 bits per heavy atom. The van der Waals surface area contributed by atoms with Crippen LogP contribution in [-0.2, 0) is 15.1 Å². The summed E-state index contributed by atoms with van der Waals surface area (Å²) in [5.41, 5.74) is 2.63. The van der Waals surface area contributed by atoms with Crippen LogP contribution in [0, 0.1) is 0 Å². The molecule has 2 aliphatic rings. The van der Waals surface area contributed by atoms with E-state index in [4.69, 9.17) is 9.47 Å². The number of benzene rings is 1. The normalized spacial score (nSPS) is 30.3. The lowest BCUT2D eigenvalue weighted by molar-refractivity contribution is -0.236. The lowest BCUT2D eigenvalue weighted by Crippen LogP contribution is -2.49. The van der Waals surface area contributed by atoms with Crippen LogP contribution in [0.25, 0.3) is 0 Å². The molecule has 2 unspecified atom stereocenters. The van der Waals surface area contributed by atoms with Crippen LogP contribution in [-0.4, -0.2) is 38.4 Å². The van der Waals surface area contributed by atoms with Gasteiger partial charge in [0.15, 0.2) is 6.29 Å². The Balaban J connectivity index is 2.03. The summed E-state index contributed by atoms with van der Waals surface area (Å²) in [7, 11) is 3.93. The number of fused-ring (bicyclic) bond motifs is 2. The number of methoxy groups -OCH3 is 1. The molecule has 2 aliphatic heterocycles. The largest absolute Gasteiger partial charge is 0.355 e. The minimum absolute atomic E-state index is 0.127. The Morgan fingerprint density at radius 2 is 1.95 bits per heavy atom. The third kappa shape index (κ3) is 2.10. The molecule has 3 rings (SSSR count). The highest BCUT2D eigenvalue weighted by Gasteiger charge is 2.45. The van der Waals surface area contributed by atoms with Gasteiger partial charge in [-0.3, -0.25) is 0 Å². The molecule has 0 bridgehead atoms. The van der Waals surface area contributed by atoms with Gasteiger partial charge in [0.25, 0.3) is 0 Å². The van der Waals surface area contributed by atoms with E-state index in [0.29, 0.717) is 5.92 Å². The van der Waals surface area contributed by atoms with Gasteiger partial charge in [0.1, 0.15) is 0 Å². The summed E-state index contributed by atoms with van der Waals surface area (Å²) in [6, 6.07) is 8.72. The molecule has 0 aromatic heterocycles. The van der Waals surface area contributed by atoms with Crippen molar-refractivity contribution < 1.29 is 9.47 Å². The molecule has 0 saturated carbocycles. The molecule has 2 atom stereocenters. The van der Waals surface area contributed by atoms with Crippen LogP contribution in [0.1, 0.15) is 36.8 Å². The highest BCUT2D eigenvalue weighted by Crippen LogP contribution is 2.47. The van der Waals surface area contributed by atoms with Gasteiger partial charge in [0.2, 0.25) is 0 Å². The van der Waals surface area contributed by atoms with Crippen LogP contribution >= 0.6 is 0 Å². The average molecular weight is 261 g/mol. The van der Waals surface area contributed by atoms with Crippen molar-refractivity contribution in [3.8, 4) is 0 Å². The van der Waals surface area contributed by atoms with E-state index in [0.717, 1.165) is 25.9 Å². The maximum atomic E-state index is 6.40. The third-order valence-corrected chi connectivity index (χ3v) is 4.72. The number of hydrogen-bond donors (Lipinski definition) is 0. The van der Waals surface area contributed by atoms with Crippen molar-refractivity contribution in [2.45, 2.75) is 37.6 Å². The Labute approximate surface area is 115 Å². The van der Waals surface area contributed by atoms with Gasteiger partial charge in [-0.05, 0) is 31.0 Å². The first-order valence-electron chi connectivity index (χ1n) is 7.15. The SMILES string of the molecule is COC1OC2(CCN(C)CC2)c2ccccc2C1C. The number of hydrogen-bond acceptors (Lipinski definition) is 3. The quantitative estimate of drug-likeness (QED) is 0.776. The zero-order chi connectivity index (χ0) is 13.5. The summed E-state index contributed by atoms with van der Waals surface area (Å²) < 4.78 is 12.0. The summed E-state index contributed by atoms with van der Waals surface area (Å²) in [5.74, 6) is 0.298. The van der Waals surface area contributed by atoms with Crippen LogP contribution in [0.15, 0.2) is 24.3 Å². The molecule has 3 heteroatoms. The number of ether oxygens (including phenoxy) is 2. The maximum Gasteiger partial charge on any atom is 0.164 e. The predicted octanol–water partition coefficient (Wildman–Crippen LogP) is 2.71. The van der Waals surface area contributed by atoms with Crippen LogP contribution < -0.4 is 0 Å². The number of piperidine rings is 1. The lowest BCUT2D eigenvalue weighted by Gasteiger charge is -2.48. The summed E-state index contributed by atoms with van der Waals surface area (Å²) in [6.45, 7) is 4.35. The molecule has 104 valence electrons. The lowest BCUT2D eigenvalue weighted by atomic mass is 9.76. The van der Waals surface area contributed by atoms with Crippen LogP contribution in [0.4, 0.5) is 0 Å². The van der Waals surface area contributed by atoms with Gasteiger partial charge < -0.3 is 14.4 Å². The van der Waals surface area contributed by atoms with Gasteiger partial charge in [-0.25, -0.2) is 0 Å². The van der Waals surface area contributed by atoms with E-state index in [1.54, 1.807) is 7.11 Å². The molecule has 0 amide bonds. The van der Waals surface area contributed by atoms with Gasteiger partial charge in [-0.15, -0.1) is 0 Å². The highest BCUT2D eigenvalue weighted by atomic mass is 16.7. The number of likely N-dealkylation sites (tertiary alicyclic amines) is 1. The Morgan fingerprint density at radius 1 is 1.26 bits per heavy atom. The number of rotatable bonds is 1. The van der Waals surface area contributed by atoms with Gasteiger partial charge in [-0.2, -0.15) is 0 Å². The second kappa shape index (κ2) is 4.89. The van der Waals surface area contributed by atoms with Crippen LogP contribution in [0.2, 0.25) is 0 Å². The van der Waals surface area contributed by atoms with Crippen molar-refractivity contribution in [2.24, 2.45) is 0 Å². The molecule has 0 aliphatic carbocycles. The summed E-state index contributed by atoms with van der Waals surface area (Å²) in [5, 5.41) is 0. The Bertz CT molecular complexity index is 452. The van der Waals surface area contributed by atoms with Crippen LogP contribution in [0.5, 0.6) is 0 Å². The predicted molar refractivity (Wildman–Crippen MR) is 75.1 cm³/mol. The summed E-state index contributed by atoms with van der Waals surface area (Å²) in [4.78, 5) is 2.37. The van der Waals surface area contributed by atoms with E-state index >= 15 is 0 Å². The molecule has 1 aromatic rings. The first-order chi connectivity index (χ1) is 9.16. The van der Waals surface area contributed by atoms with Crippen molar-refractivity contribution in [3.05, 3.63) is 35.4 Å². The maximum absolute atomic E-state index is 6.40. The van der Waals surface area contributed by atoms with Crippen molar-refractivity contribution in [3.63, 3.8) is 0 Å². The Hall–Kier alpha value is -0.900. The molecule has 1 spiro atoms. The fraction of sp³-hybridized carbons (Fsp3) is 0.625. The van der Waals surface area contributed by atoms with Gasteiger partial charge in [-0.1, -0.05) is 31.2 Å².